The first-order valence-electron chi connectivity index (χ1n) is 7.14. The fourth-order valence-corrected chi connectivity index (χ4v) is 2.78. The molecule has 1 saturated heterocycles. The fourth-order valence-electron chi connectivity index (χ4n) is 2.78. The molecule has 1 amide bonds. The zero-order valence-electron chi connectivity index (χ0n) is 12.6. The van der Waals surface area contributed by atoms with E-state index < -0.39 is 6.04 Å². The number of hydrogen-bond donors (Lipinski definition) is 2. The number of hydrogen-bond acceptors (Lipinski definition) is 5. The quantitative estimate of drug-likeness (QED) is 0.828. The van der Waals surface area contributed by atoms with Gasteiger partial charge in [-0.3, -0.25) is 9.69 Å². The van der Waals surface area contributed by atoms with Gasteiger partial charge in [0.25, 0.3) is 0 Å². The van der Waals surface area contributed by atoms with E-state index in [-0.39, 0.29) is 5.91 Å². The lowest BCUT2D eigenvalue weighted by Crippen LogP contribution is -2.40. The first-order valence-corrected chi connectivity index (χ1v) is 7.14. The molecule has 21 heavy (non-hydrogen) atoms. The van der Waals surface area contributed by atoms with Crippen LogP contribution in [-0.4, -0.2) is 51.2 Å². The van der Waals surface area contributed by atoms with Gasteiger partial charge in [-0.15, -0.1) is 0 Å². The number of methoxy groups -OCH3 is 2. The Labute approximate surface area is 125 Å². The summed E-state index contributed by atoms with van der Waals surface area (Å²) in [6.45, 7) is 3.39. The minimum absolute atomic E-state index is 0.372. The third-order valence-electron chi connectivity index (χ3n) is 3.74. The molecule has 1 atom stereocenters. The van der Waals surface area contributed by atoms with Crippen LogP contribution in [-0.2, 0) is 4.79 Å². The molecule has 0 spiro atoms. The van der Waals surface area contributed by atoms with Gasteiger partial charge in [0.05, 0.1) is 14.2 Å². The van der Waals surface area contributed by atoms with Crippen molar-refractivity contribution in [1.29, 1.82) is 0 Å². The molecule has 1 fully saturated rings. The van der Waals surface area contributed by atoms with Crippen LogP contribution in [0.2, 0.25) is 0 Å². The van der Waals surface area contributed by atoms with Crippen LogP contribution in [0.4, 0.5) is 0 Å². The Bertz CT molecular complexity index is 485. The van der Waals surface area contributed by atoms with Gasteiger partial charge in [0.15, 0.2) is 11.5 Å². The van der Waals surface area contributed by atoms with Crippen LogP contribution in [0.15, 0.2) is 18.2 Å². The van der Waals surface area contributed by atoms with E-state index in [0.717, 1.165) is 38.2 Å². The molecule has 6 heteroatoms. The van der Waals surface area contributed by atoms with Crippen molar-refractivity contribution in [3.05, 3.63) is 23.8 Å². The molecule has 1 aliphatic rings. The summed E-state index contributed by atoms with van der Waals surface area (Å²) < 4.78 is 10.8. The summed E-state index contributed by atoms with van der Waals surface area (Å²) >= 11 is 0. The summed E-state index contributed by atoms with van der Waals surface area (Å²) in [6, 6.07) is 5.03. The number of primary amides is 1. The van der Waals surface area contributed by atoms with Crippen molar-refractivity contribution in [3.8, 4) is 11.5 Å². The Morgan fingerprint density at radius 2 is 2.10 bits per heavy atom. The maximum atomic E-state index is 12.0. The highest BCUT2D eigenvalue weighted by atomic mass is 16.5. The molecule has 0 bridgehead atoms. The highest BCUT2D eigenvalue weighted by Gasteiger charge is 2.30. The molecule has 1 aromatic carbocycles. The Kier molecular flexibility index (Phi) is 5.41. The maximum absolute atomic E-state index is 12.0. The van der Waals surface area contributed by atoms with E-state index in [1.807, 2.05) is 18.2 Å². The molecule has 1 aliphatic heterocycles. The Balaban J connectivity index is 2.40. The molecule has 0 saturated carbocycles. The Morgan fingerprint density at radius 3 is 2.76 bits per heavy atom. The van der Waals surface area contributed by atoms with Crippen LogP contribution in [0.25, 0.3) is 0 Å². The first-order chi connectivity index (χ1) is 10.2. The molecule has 0 radical (unpaired) electrons. The van der Waals surface area contributed by atoms with Crippen LogP contribution >= 0.6 is 0 Å². The summed E-state index contributed by atoms with van der Waals surface area (Å²) in [6.07, 6.45) is 0.982. The van der Waals surface area contributed by atoms with Crippen LogP contribution < -0.4 is 20.5 Å². The summed E-state index contributed by atoms with van der Waals surface area (Å²) in [5.74, 6) is 0.804. The average molecular weight is 293 g/mol. The zero-order chi connectivity index (χ0) is 15.2. The monoisotopic (exact) mass is 293 g/mol. The van der Waals surface area contributed by atoms with E-state index >= 15 is 0 Å². The standard InChI is InChI=1S/C15H23N3O3/c1-20-12-6-3-5-11(14(12)21-2)13(15(16)19)18-9-4-7-17-8-10-18/h3,5-6,13,17H,4,7-10H2,1-2H3,(H2,16,19). The van der Waals surface area contributed by atoms with Crippen molar-refractivity contribution in [1.82, 2.24) is 10.2 Å². The van der Waals surface area contributed by atoms with Gasteiger partial charge >= 0.3 is 0 Å². The number of nitrogens with zero attached hydrogens (tertiary/aromatic N) is 1. The summed E-state index contributed by atoms with van der Waals surface area (Å²) in [5, 5.41) is 3.32. The fraction of sp³-hybridized carbons (Fsp3) is 0.533. The molecule has 1 heterocycles. The van der Waals surface area contributed by atoms with Gasteiger partial charge in [0, 0.05) is 25.2 Å². The van der Waals surface area contributed by atoms with Crippen molar-refractivity contribution >= 4 is 5.91 Å². The molecule has 2 rings (SSSR count). The topological polar surface area (TPSA) is 76.8 Å². The number of rotatable bonds is 5. The molecular formula is C15H23N3O3. The lowest BCUT2D eigenvalue weighted by Gasteiger charge is -2.29. The van der Waals surface area contributed by atoms with Crippen LogP contribution in [0, 0.1) is 0 Å². The minimum atomic E-state index is -0.505. The number of para-hydroxylation sites is 1. The molecular weight excluding hydrogens is 270 g/mol. The highest BCUT2D eigenvalue weighted by Crippen LogP contribution is 2.36. The van der Waals surface area contributed by atoms with Gasteiger partial charge in [-0.1, -0.05) is 12.1 Å². The molecule has 1 aromatic rings. The second-order valence-electron chi connectivity index (χ2n) is 5.03. The Hall–Kier alpha value is -1.79. The van der Waals surface area contributed by atoms with E-state index in [1.165, 1.54) is 0 Å². The molecule has 6 nitrogen and oxygen atoms in total. The number of amides is 1. The van der Waals surface area contributed by atoms with Crippen molar-refractivity contribution in [3.63, 3.8) is 0 Å². The third kappa shape index (κ3) is 3.46. The number of ether oxygens (including phenoxy) is 2. The second kappa shape index (κ2) is 7.28. The van der Waals surface area contributed by atoms with Crippen molar-refractivity contribution in [2.24, 2.45) is 5.73 Å². The van der Waals surface area contributed by atoms with Gasteiger partial charge in [-0.05, 0) is 19.0 Å². The van der Waals surface area contributed by atoms with E-state index in [4.69, 9.17) is 15.2 Å². The normalized spacial score (nSPS) is 17.8. The molecule has 3 N–H and O–H groups in total. The summed E-state index contributed by atoms with van der Waals surface area (Å²) in [4.78, 5) is 14.1. The number of nitrogens with two attached hydrogens (primary N) is 1. The van der Waals surface area contributed by atoms with Crippen LogP contribution in [0.5, 0.6) is 11.5 Å². The van der Waals surface area contributed by atoms with E-state index in [2.05, 4.69) is 10.2 Å². The number of benzene rings is 1. The van der Waals surface area contributed by atoms with E-state index in [0.29, 0.717) is 11.5 Å². The van der Waals surface area contributed by atoms with Gasteiger partial charge in [-0.2, -0.15) is 0 Å². The van der Waals surface area contributed by atoms with Crippen LogP contribution in [0.3, 0.4) is 0 Å². The van der Waals surface area contributed by atoms with Crippen molar-refractivity contribution in [2.45, 2.75) is 12.5 Å². The zero-order valence-corrected chi connectivity index (χ0v) is 12.6. The van der Waals surface area contributed by atoms with E-state index in [9.17, 15) is 4.79 Å². The highest BCUT2D eigenvalue weighted by molar-refractivity contribution is 5.82. The third-order valence-corrected chi connectivity index (χ3v) is 3.74. The van der Waals surface area contributed by atoms with Gasteiger partial charge in [-0.25, -0.2) is 0 Å². The van der Waals surface area contributed by atoms with Gasteiger partial charge in [0.1, 0.15) is 6.04 Å². The SMILES string of the molecule is COc1cccc(C(C(N)=O)N2CCCNCC2)c1OC. The predicted molar refractivity (Wildman–Crippen MR) is 80.5 cm³/mol. The molecule has 0 aromatic heterocycles. The Morgan fingerprint density at radius 1 is 1.29 bits per heavy atom. The maximum Gasteiger partial charge on any atom is 0.239 e. The number of carbonyl (C=O) groups excluding carboxylic acids is 1. The molecule has 0 aliphatic carbocycles. The lowest BCUT2D eigenvalue weighted by atomic mass is 10.0. The number of carbonyl (C=O) groups is 1. The second-order valence-corrected chi connectivity index (χ2v) is 5.03. The van der Waals surface area contributed by atoms with Crippen molar-refractivity contribution < 1.29 is 14.3 Å². The first kappa shape index (κ1) is 15.6. The van der Waals surface area contributed by atoms with Gasteiger partial charge < -0.3 is 20.5 Å². The smallest absolute Gasteiger partial charge is 0.239 e. The minimum Gasteiger partial charge on any atom is -0.493 e. The molecule has 116 valence electrons. The van der Waals surface area contributed by atoms with Crippen LogP contribution in [0.1, 0.15) is 18.0 Å². The largest absolute Gasteiger partial charge is 0.493 e. The van der Waals surface area contributed by atoms with Crippen molar-refractivity contribution in [2.75, 3.05) is 40.4 Å². The lowest BCUT2D eigenvalue weighted by molar-refractivity contribution is -0.123. The summed E-state index contributed by atoms with van der Waals surface area (Å²) in [5.41, 5.74) is 6.42. The van der Waals surface area contributed by atoms with E-state index in [1.54, 1.807) is 14.2 Å². The average Bonchev–Trinajstić information content (AvgIpc) is 2.76. The van der Waals surface area contributed by atoms with Gasteiger partial charge in [0.2, 0.25) is 5.91 Å². The predicted octanol–water partition coefficient (Wildman–Crippen LogP) is 0.526. The molecule has 1 unspecified atom stereocenters. The number of nitrogens with one attached hydrogen (secondary N) is 1. The summed E-state index contributed by atoms with van der Waals surface area (Å²) in [7, 11) is 3.15.